The van der Waals surface area contributed by atoms with Gasteiger partial charge in [0.15, 0.2) is 0 Å². The predicted octanol–water partition coefficient (Wildman–Crippen LogP) is -0.130. The molecule has 1 aliphatic rings. The van der Waals surface area contributed by atoms with Crippen LogP contribution in [0.4, 0.5) is 0 Å². The van der Waals surface area contributed by atoms with Crippen LogP contribution in [0, 0.1) is 0 Å². The molecule has 0 saturated heterocycles. The smallest absolute Gasteiger partial charge is 0.202 e. The van der Waals surface area contributed by atoms with Gasteiger partial charge in [-0.1, -0.05) is 18.2 Å². The van der Waals surface area contributed by atoms with Crippen molar-refractivity contribution in [3.63, 3.8) is 0 Å². The van der Waals surface area contributed by atoms with Crippen molar-refractivity contribution < 1.29 is 0 Å². The molecule has 1 heterocycles. The van der Waals surface area contributed by atoms with E-state index in [-0.39, 0.29) is 6.04 Å². The van der Waals surface area contributed by atoms with Gasteiger partial charge < -0.3 is 5.73 Å². The van der Waals surface area contributed by atoms with Gasteiger partial charge in [-0.15, -0.1) is 10.2 Å². The predicted molar refractivity (Wildman–Crippen MR) is 43.9 cm³/mol. The van der Waals surface area contributed by atoms with Crippen molar-refractivity contribution in [2.24, 2.45) is 5.73 Å². The summed E-state index contributed by atoms with van der Waals surface area (Å²) in [7, 11) is 0. The van der Waals surface area contributed by atoms with E-state index in [0.717, 1.165) is 12.0 Å². The number of aromatic nitrogens is 4. The van der Waals surface area contributed by atoms with E-state index in [9.17, 15) is 0 Å². The highest BCUT2D eigenvalue weighted by molar-refractivity contribution is 5.66. The number of nitrogens with two attached hydrogens (primary N) is 1. The summed E-state index contributed by atoms with van der Waals surface area (Å²) in [5.74, 6) is 0.590. The fourth-order valence-corrected chi connectivity index (χ4v) is 1.17. The van der Waals surface area contributed by atoms with Crippen molar-refractivity contribution in [2.75, 3.05) is 0 Å². The Bertz CT molecular complexity index is 311. The minimum atomic E-state index is -0.00685. The van der Waals surface area contributed by atoms with Crippen molar-refractivity contribution in [3.8, 4) is 0 Å². The topological polar surface area (TPSA) is 80.5 Å². The number of aromatic amines is 1. The SMILES string of the molecule is NC1CC=CC=C1c1nn[nH]n1. The Hall–Kier alpha value is -1.49. The van der Waals surface area contributed by atoms with Crippen molar-refractivity contribution in [2.45, 2.75) is 12.5 Å². The summed E-state index contributed by atoms with van der Waals surface area (Å²) >= 11 is 0. The third-order valence-electron chi connectivity index (χ3n) is 1.80. The number of allylic oxidation sites excluding steroid dienone is 2. The molecular weight excluding hydrogens is 154 g/mol. The van der Waals surface area contributed by atoms with E-state index in [1.807, 2.05) is 18.2 Å². The molecule has 1 unspecified atom stereocenters. The van der Waals surface area contributed by atoms with E-state index in [0.29, 0.717) is 5.82 Å². The molecule has 0 amide bonds. The van der Waals surface area contributed by atoms with Crippen molar-refractivity contribution >= 4 is 5.57 Å². The molecule has 0 saturated carbocycles. The first-order valence-electron chi connectivity index (χ1n) is 3.74. The maximum absolute atomic E-state index is 5.83. The van der Waals surface area contributed by atoms with E-state index in [1.54, 1.807) is 0 Å². The van der Waals surface area contributed by atoms with Crippen LogP contribution in [0.3, 0.4) is 0 Å². The number of hydrogen-bond acceptors (Lipinski definition) is 4. The Morgan fingerprint density at radius 2 is 2.50 bits per heavy atom. The molecule has 1 atom stereocenters. The normalized spacial score (nSPS) is 22.4. The van der Waals surface area contributed by atoms with E-state index >= 15 is 0 Å². The summed E-state index contributed by atoms with van der Waals surface area (Å²) in [5, 5.41) is 13.6. The van der Waals surface area contributed by atoms with Gasteiger partial charge in [0.1, 0.15) is 0 Å². The Labute approximate surface area is 69.3 Å². The van der Waals surface area contributed by atoms with Crippen molar-refractivity contribution in [1.82, 2.24) is 20.6 Å². The maximum atomic E-state index is 5.83. The Kier molecular flexibility index (Phi) is 1.71. The maximum Gasteiger partial charge on any atom is 0.202 e. The molecule has 0 radical (unpaired) electrons. The fourth-order valence-electron chi connectivity index (χ4n) is 1.17. The highest BCUT2D eigenvalue weighted by atomic mass is 15.5. The average molecular weight is 163 g/mol. The summed E-state index contributed by atoms with van der Waals surface area (Å²) in [5.41, 5.74) is 6.77. The number of nitrogens with one attached hydrogen (secondary N) is 1. The molecule has 0 aromatic carbocycles. The van der Waals surface area contributed by atoms with Gasteiger partial charge in [0.05, 0.1) is 0 Å². The lowest BCUT2D eigenvalue weighted by Gasteiger charge is -2.12. The zero-order valence-corrected chi connectivity index (χ0v) is 6.44. The van der Waals surface area contributed by atoms with Gasteiger partial charge in [-0.25, -0.2) is 0 Å². The molecule has 2 rings (SSSR count). The minimum Gasteiger partial charge on any atom is -0.324 e. The van der Waals surface area contributed by atoms with Gasteiger partial charge in [0.2, 0.25) is 5.82 Å². The number of rotatable bonds is 1. The number of tetrazole rings is 1. The van der Waals surface area contributed by atoms with E-state index in [4.69, 9.17) is 5.73 Å². The highest BCUT2D eigenvalue weighted by Gasteiger charge is 2.15. The lowest BCUT2D eigenvalue weighted by molar-refractivity contribution is 0.832. The van der Waals surface area contributed by atoms with E-state index < -0.39 is 0 Å². The van der Waals surface area contributed by atoms with Crippen LogP contribution in [-0.4, -0.2) is 26.7 Å². The zero-order valence-electron chi connectivity index (χ0n) is 6.44. The van der Waals surface area contributed by atoms with Crippen LogP contribution < -0.4 is 5.73 Å². The summed E-state index contributed by atoms with van der Waals surface area (Å²) in [6.07, 6.45) is 6.72. The van der Waals surface area contributed by atoms with Crippen LogP contribution in [0.25, 0.3) is 5.57 Å². The van der Waals surface area contributed by atoms with Gasteiger partial charge in [-0.2, -0.15) is 5.21 Å². The second kappa shape index (κ2) is 2.86. The molecule has 0 bridgehead atoms. The summed E-state index contributed by atoms with van der Waals surface area (Å²) in [6, 6.07) is -0.00685. The molecule has 62 valence electrons. The molecule has 3 N–H and O–H groups in total. The van der Waals surface area contributed by atoms with Gasteiger partial charge in [0.25, 0.3) is 0 Å². The van der Waals surface area contributed by atoms with Gasteiger partial charge in [-0.3, -0.25) is 0 Å². The fraction of sp³-hybridized carbons (Fsp3) is 0.286. The summed E-state index contributed by atoms with van der Waals surface area (Å²) in [4.78, 5) is 0. The monoisotopic (exact) mass is 163 g/mol. The Morgan fingerprint density at radius 3 is 3.17 bits per heavy atom. The number of nitrogens with zero attached hydrogens (tertiary/aromatic N) is 3. The Balaban J connectivity index is 2.34. The molecular formula is C7H9N5. The third kappa shape index (κ3) is 1.14. The second-order valence-electron chi connectivity index (χ2n) is 2.63. The largest absolute Gasteiger partial charge is 0.324 e. The molecule has 0 fully saturated rings. The first-order valence-corrected chi connectivity index (χ1v) is 3.74. The van der Waals surface area contributed by atoms with Gasteiger partial charge >= 0.3 is 0 Å². The summed E-state index contributed by atoms with van der Waals surface area (Å²) < 4.78 is 0. The highest BCUT2D eigenvalue weighted by Crippen LogP contribution is 2.18. The van der Waals surface area contributed by atoms with Crippen molar-refractivity contribution in [1.29, 1.82) is 0 Å². The van der Waals surface area contributed by atoms with Crippen LogP contribution >= 0.6 is 0 Å². The van der Waals surface area contributed by atoms with Crippen LogP contribution in [0.2, 0.25) is 0 Å². The zero-order chi connectivity index (χ0) is 8.39. The number of H-pyrrole nitrogens is 1. The van der Waals surface area contributed by atoms with Crippen LogP contribution in [0.15, 0.2) is 18.2 Å². The lowest BCUT2D eigenvalue weighted by Crippen LogP contribution is -2.22. The van der Waals surface area contributed by atoms with Crippen LogP contribution in [0.1, 0.15) is 12.2 Å². The van der Waals surface area contributed by atoms with Crippen molar-refractivity contribution in [3.05, 3.63) is 24.1 Å². The molecule has 12 heavy (non-hydrogen) atoms. The van der Waals surface area contributed by atoms with Gasteiger partial charge in [-0.05, 0) is 11.6 Å². The minimum absolute atomic E-state index is 0.00685. The standard InChI is InChI=1S/C7H9N5/c8-6-4-2-1-3-5(6)7-9-11-12-10-7/h1-3,6H,4,8H2,(H,9,10,11,12). The first-order chi connectivity index (χ1) is 5.88. The molecule has 1 aromatic heterocycles. The van der Waals surface area contributed by atoms with Crippen LogP contribution in [0.5, 0.6) is 0 Å². The Morgan fingerprint density at radius 1 is 1.58 bits per heavy atom. The van der Waals surface area contributed by atoms with Crippen LogP contribution in [-0.2, 0) is 0 Å². The van der Waals surface area contributed by atoms with Gasteiger partial charge in [0, 0.05) is 11.6 Å². The summed E-state index contributed by atoms with van der Waals surface area (Å²) in [6.45, 7) is 0. The molecule has 1 aromatic rings. The van der Waals surface area contributed by atoms with E-state index in [2.05, 4.69) is 20.6 Å². The van der Waals surface area contributed by atoms with E-state index in [1.165, 1.54) is 0 Å². The first kappa shape index (κ1) is 7.17. The molecule has 0 spiro atoms. The second-order valence-corrected chi connectivity index (χ2v) is 2.63. The molecule has 1 aliphatic carbocycles. The molecule has 5 heteroatoms. The molecule has 0 aliphatic heterocycles. The lowest BCUT2D eigenvalue weighted by atomic mass is 9.99. The molecule has 5 nitrogen and oxygen atoms in total. The quantitative estimate of drug-likeness (QED) is 0.604. The average Bonchev–Trinajstić information content (AvgIpc) is 2.57. The third-order valence-corrected chi connectivity index (χ3v) is 1.80. The number of hydrogen-bond donors (Lipinski definition) is 2.